The third-order valence-corrected chi connectivity index (χ3v) is 7.31. The summed E-state index contributed by atoms with van der Waals surface area (Å²) in [5.41, 5.74) is 0.898. The molecule has 0 aliphatic carbocycles. The van der Waals surface area contributed by atoms with Crippen LogP contribution in [0.5, 0.6) is 0 Å². The molecule has 148 valence electrons. The second kappa shape index (κ2) is 8.39. The number of rotatable bonds is 6. The quantitative estimate of drug-likeness (QED) is 0.793. The van der Waals surface area contributed by atoms with Crippen molar-refractivity contribution in [3.8, 4) is 0 Å². The van der Waals surface area contributed by atoms with Crippen LogP contribution in [0.15, 0.2) is 29.2 Å². The van der Waals surface area contributed by atoms with E-state index in [0.29, 0.717) is 43.8 Å². The topological polar surface area (TPSA) is 95.0 Å². The lowest BCUT2D eigenvalue weighted by Crippen LogP contribution is -2.35. The van der Waals surface area contributed by atoms with Crippen LogP contribution < -0.4 is 0 Å². The van der Waals surface area contributed by atoms with Crippen molar-refractivity contribution in [3.63, 3.8) is 0 Å². The summed E-state index contributed by atoms with van der Waals surface area (Å²) >= 11 is 0. The third-order valence-electron chi connectivity index (χ3n) is 5.39. The Morgan fingerprint density at radius 1 is 1.04 bits per heavy atom. The zero-order valence-corrected chi connectivity index (χ0v) is 16.2. The Hall–Kier alpha value is -1.93. The van der Waals surface area contributed by atoms with Crippen LogP contribution in [0.3, 0.4) is 0 Å². The molecule has 8 heteroatoms. The fraction of sp³-hybridized carbons (Fsp3) is 0.579. The molecule has 0 bridgehead atoms. The molecule has 7 nitrogen and oxygen atoms in total. The summed E-state index contributed by atoms with van der Waals surface area (Å²) in [5.74, 6) is -1.37. The highest BCUT2D eigenvalue weighted by Crippen LogP contribution is 2.22. The fourth-order valence-corrected chi connectivity index (χ4v) is 5.20. The van der Waals surface area contributed by atoms with Gasteiger partial charge < -0.3 is 10.0 Å². The van der Waals surface area contributed by atoms with Crippen molar-refractivity contribution in [1.29, 1.82) is 0 Å². The van der Waals surface area contributed by atoms with Gasteiger partial charge in [0.05, 0.1) is 10.8 Å². The van der Waals surface area contributed by atoms with Gasteiger partial charge in [0.1, 0.15) is 0 Å². The van der Waals surface area contributed by atoms with Gasteiger partial charge in [-0.3, -0.25) is 9.59 Å². The number of carbonyl (C=O) groups is 2. The van der Waals surface area contributed by atoms with Crippen molar-refractivity contribution in [2.75, 3.05) is 26.2 Å². The Balaban J connectivity index is 1.55. The Kier molecular flexibility index (Phi) is 6.16. The molecule has 1 amide bonds. The number of nitrogens with zero attached hydrogens (tertiary/aromatic N) is 2. The van der Waals surface area contributed by atoms with Crippen molar-refractivity contribution in [2.45, 2.75) is 43.4 Å². The van der Waals surface area contributed by atoms with Gasteiger partial charge in [0.15, 0.2) is 0 Å². The molecule has 3 rings (SSSR count). The predicted octanol–water partition coefficient (Wildman–Crippen LogP) is 1.73. The van der Waals surface area contributed by atoms with E-state index >= 15 is 0 Å². The number of sulfonamides is 1. The number of carboxylic acid groups (broad SMARTS) is 1. The SMILES string of the molecule is O=C(O)C1CCN(C(=O)CCc2ccc(S(=O)(=O)N3CCCCC3)cc2)C1. The number of piperidine rings is 1. The zero-order chi connectivity index (χ0) is 19.4. The average molecular weight is 394 g/mol. The summed E-state index contributed by atoms with van der Waals surface area (Å²) < 4.78 is 26.8. The van der Waals surface area contributed by atoms with E-state index in [9.17, 15) is 18.0 Å². The molecule has 27 heavy (non-hydrogen) atoms. The number of amides is 1. The lowest BCUT2D eigenvalue weighted by Gasteiger charge is -2.25. The van der Waals surface area contributed by atoms with Gasteiger partial charge in [0, 0.05) is 32.6 Å². The Bertz CT molecular complexity index is 785. The van der Waals surface area contributed by atoms with E-state index in [4.69, 9.17) is 5.11 Å². The van der Waals surface area contributed by atoms with E-state index in [-0.39, 0.29) is 12.5 Å². The van der Waals surface area contributed by atoms with Gasteiger partial charge in [0.2, 0.25) is 15.9 Å². The van der Waals surface area contributed by atoms with Crippen LogP contribution >= 0.6 is 0 Å². The first-order valence-corrected chi connectivity index (χ1v) is 10.9. The standard InChI is InChI=1S/C19H26N2O5S/c22-18(20-13-10-16(14-20)19(23)24)9-6-15-4-7-17(8-5-15)27(25,26)21-11-2-1-3-12-21/h4-5,7-8,16H,1-3,6,9-14H2,(H,23,24). The summed E-state index contributed by atoms with van der Waals surface area (Å²) in [5, 5.41) is 9.02. The van der Waals surface area contributed by atoms with Crippen molar-refractivity contribution >= 4 is 21.9 Å². The van der Waals surface area contributed by atoms with Crippen LogP contribution in [0, 0.1) is 5.92 Å². The van der Waals surface area contributed by atoms with Crippen molar-refractivity contribution in [2.24, 2.45) is 5.92 Å². The number of hydrogen-bond donors (Lipinski definition) is 1. The first-order valence-electron chi connectivity index (χ1n) is 9.47. The third kappa shape index (κ3) is 4.68. The van der Waals surface area contributed by atoms with Crippen LogP contribution in [-0.4, -0.2) is 60.8 Å². The number of aryl methyl sites for hydroxylation is 1. The summed E-state index contributed by atoms with van der Waals surface area (Å²) in [7, 11) is -3.43. The minimum absolute atomic E-state index is 0.0521. The highest BCUT2D eigenvalue weighted by molar-refractivity contribution is 7.89. The smallest absolute Gasteiger partial charge is 0.308 e. The lowest BCUT2D eigenvalue weighted by atomic mass is 10.1. The second-order valence-electron chi connectivity index (χ2n) is 7.27. The molecular formula is C19H26N2O5S. The molecule has 0 saturated carbocycles. The van der Waals surface area contributed by atoms with Crippen molar-refractivity contribution in [1.82, 2.24) is 9.21 Å². The largest absolute Gasteiger partial charge is 0.481 e. The first-order chi connectivity index (χ1) is 12.9. The van der Waals surface area contributed by atoms with Crippen LogP contribution in [0.25, 0.3) is 0 Å². The molecule has 1 N–H and O–H groups in total. The molecule has 0 radical (unpaired) electrons. The zero-order valence-electron chi connectivity index (χ0n) is 15.3. The van der Waals surface area contributed by atoms with Gasteiger partial charge in [-0.25, -0.2) is 8.42 Å². The normalized spacial score (nSPS) is 21.3. The van der Waals surface area contributed by atoms with Gasteiger partial charge in [-0.1, -0.05) is 18.6 Å². The van der Waals surface area contributed by atoms with E-state index in [1.807, 2.05) is 0 Å². The molecule has 1 aromatic rings. The van der Waals surface area contributed by atoms with Crippen LogP contribution in [0.1, 0.15) is 37.7 Å². The number of aliphatic carboxylic acids is 1. The predicted molar refractivity (Wildman–Crippen MR) is 99.7 cm³/mol. The van der Waals surface area contributed by atoms with E-state index in [1.54, 1.807) is 33.5 Å². The molecule has 1 aromatic carbocycles. The maximum atomic E-state index is 12.6. The van der Waals surface area contributed by atoms with Gasteiger partial charge in [-0.2, -0.15) is 4.31 Å². The van der Waals surface area contributed by atoms with E-state index in [0.717, 1.165) is 24.8 Å². The molecule has 2 aliphatic heterocycles. The minimum Gasteiger partial charge on any atom is -0.481 e. The summed E-state index contributed by atoms with van der Waals surface area (Å²) in [4.78, 5) is 25.1. The maximum absolute atomic E-state index is 12.6. The fourth-order valence-electron chi connectivity index (χ4n) is 3.68. The van der Waals surface area contributed by atoms with Gasteiger partial charge in [-0.05, 0) is 43.4 Å². The molecule has 2 heterocycles. The maximum Gasteiger partial charge on any atom is 0.308 e. The Morgan fingerprint density at radius 3 is 2.30 bits per heavy atom. The van der Waals surface area contributed by atoms with Gasteiger partial charge in [0.25, 0.3) is 0 Å². The molecule has 2 fully saturated rings. The summed E-state index contributed by atoms with van der Waals surface area (Å²) in [6.07, 6.45) is 4.19. The molecule has 2 saturated heterocycles. The van der Waals surface area contributed by atoms with E-state index < -0.39 is 21.9 Å². The lowest BCUT2D eigenvalue weighted by molar-refractivity contribution is -0.141. The van der Waals surface area contributed by atoms with Crippen molar-refractivity contribution < 1.29 is 23.1 Å². The summed E-state index contributed by atoms with van der Waals surface area (Å²) in [6, 6.07) is 6.74. The molecule has 1 unspecified atom stereocenters. The van der Waals surface area contributed by atoms with Crippen LogP contribution in [-0.2, 0) is 26.0 Å². The Labute approximate surface area is 160 Å². The monoisotopic (exact) mass is 394 g/mol. The van der Waals surface area contributed by atoms with E-state index in [1.165, 1.54) is 0 Å². The first kappa shape index (κ1) is 19.8. The van der Waals surface area contributed by atoms with Crippen molar-refractivity contribution in [3.05, 3.63) is 29.8 Å². The minimum atomic E-state index is -3.43. The number of likely N-dealkylation sites (tertiary alicyclic amines) is 1. The van der Waals surface area contributed by atoms with Crippen LogP contribution in [0.4, 0.5) is 0 Å². The second-order valence-corrected chi connectivity index (χ2v) is 9.21. The number of carboxylic acids is 1. The number of hydrogen-bond acceptors (Lipinski definition) is 4. The highest BCUT2D eigenvalue weighted by Gasteiger charge is 2.30. The number of carbonyl (C=O) groups excluding carboxylic acids is 1. The molecule has 2 aliphatic rings. The van der Waals surface area contributed by atoms with Gasteiger partial charge in [-0.15, -0.1) is 0 Å². The Morgan fingerprint density at radius 2 is 1.70 bits per heavy atom. The molecule has 1 atom stereocenters. The van der Waals surface area contributed by atoms with Gasteiger partial charge >= 0.3 is 5.97 Å². The van der Waals surface area contributed by atoms with Crippen LogP contribution in [0.2, 0.25) is 0 Å². The highest BCUT2D eigenvalue weighted by atomic mass is 32.2. The molecule has 0 spiro atoms. The average Bonchev–Trinajstić information content (AvgIpc) is 3.18. The molecular weight excluding hydrogens is 368 g/mol. The van der Waals surface area contributed by atoms with E-state index in [2.05, 4.69) is 0 Å². The summed E-state index contributed by atoms with van der Waals surface area (Å²) in [6.45, 7) is 1.92. The molecule has 0 aromatic heterocycles. The number of benzene rings is 1.